The number of rotatable bonds is 5. The normalized spacial score (nSPS) is 26.8. The van der Waals surface area contributed by atoms with Crippen molar-refractivity contribution in [1.82, 2.24) is 9.80 Å². The van der Waals surface area contributed by atoms with Crippen LogP contribution >= 0.6 is 0 Å². The van der Waals surface area contributed by atoms with Gasteiger partial charge >= 0.3 is 0 Å². The van der Waals surface area contributed by atoms with Gasteiger partial charge in [-0.1, -0.05) is 0 Å². The molecule has 0 saturated carbocycles. The van der Waals surface area contributed by atoms with Crippen LogP contribution in [0, 0.1) is 0 Å². The van der Waals surface area contributed by atoms with Crippen molar-refractivity contribution in [3.05, 3.63) is 0 Å². The fourth-order valence-corrected chi connectivity index (χ4v) is 2.14. The summed E-state index contributed by atoms with van der Waals surface area (Å²) in [6.45, 7) is 10.1. The van der Waals surface area contributed by atoms with Gasteiger partial charge in [-0.15, -0.1) is 0 Å². The van der Waals surface area contributed by atoms with Crippen molar-refractivity contribution >= 4 is 0 Å². The van der Waals surface area contributed by atoms with E-state index in [2.05, 4.69) is 23.8 Å². The number of likely N-dealkylation sites (N-methyl/N-ethyl adjacent to an activating group) is 1. The van der Waals surface area contributed by atoms with E-state index in [4.69, 9.17) is 10.5 Å². The van der Waals surface area contributed by atoms with Crippen molar-refractivity contribution in [1.29, 1.82) is 0 Å². The minimum absolute atomic E-state index is 0.195. The molecule has 0 radical (unpaired) electrons. The number of piperazine rings is 1. The molecule has 1 heterocycles. The summed E-state index contributed by atoms with van der Waals surface area (Å²) < 4.78 is 5.59. The average molecular weight is 215 g/mol. The van der Waals surface area contributed by atoms with E-state index in [1.165, 1.54) is 0 Å². The van der Waals surface area contributed by atoms with Crippen molar-refractivity contribution < 1.29 is 4.74 Å². The maximum atomic E-state index is 5.69. The number of ether oxygens (including phenoxy) is 1. The van der Waals surface area contributed by atoms with E-state index in [0.717, 1.165) is 32.8 Å². The summed E-state index contributed by atoms with van der Waals surface area (Å²) in [6.07, 6.45) is 0.195. The summed E-state index contributed by atoms with van der Waals surface area (Å²) in [4.78, 5) is 4.85. The van der Waals surface area contributed by atoms with Crippen molar-refractivity contribution in [2.45, 2.75) is 26.0 Å². The first-order valence-electron chi connectivity index (χ1n) is 5.91. The molecule has 1 saturated heterocycles. The Kier molecular flexibility index (Phi) is 5.53. The van der Waals surface area contributed by atoms with Gasteiger partial charge in [-0.3, -0.25) is 4.90 Å². The predicted octanol–water partition coefficient (Wildman–Crippen LogP) is -0.0139. The number of hydrogen-bond acceptors (Lipinski definition) is 4. The fraction of sp³-hybridized carbons (Fsp3) is 1.00. The Labute approximate surface area is 93.4 Å². The molecular formula is C11H25N3O. The number of hydrogen-bond donors (Lipinski definition) is 1. The molecule has 1 aliphatic rings. The van der Waals surface area contributed by atoms with Crippen LogP contribution in [0.5, 0.6) is 0 Å². The highest BCUT2D eigenvalue weighted by Crippen LogP contribution is 2.09. The molecule has 90 valence electrons. The SMILES string of the molecule is CCOC(CN)CN1CCN(C)CC1C. The molecule has 2 unspecified atom stereocenters. The topological polar surface area (TPSA) is 41.7 Å². The van der Waals surface area contributed by atoms with Gasteiger partial charge in [-0.2, -0.15) is 0 Å². The van der Waals surface area contributed by atoms with Gasteiger partial charge < -0.3 is 15.4 Å². The third kappa shape index (κ3) is 4.07. The molecule has 2 N–H and O–H groups in total. The Morgan fingerprint density at radius 3 is 2.73 bits per heavy atom. The van der Waals surface area contributed by atoms with E-state index in [9.17, 15) is 0 Å². The minimum Gasteiger partial charge on any atom is -0.376 e. The maximum Gasteiger partial charge on any atom is 0.0823 e. The van der Waals surface area contributed by atoms with Crippen LogP contribution < -0.4 is 5.73 Å². The molecule has 0 aromatic heterocycles. The lowest BCUT2D eigenvalue weighted by molar-refractivity contribution is 0.00990. The van der Waals surface area contributed by atoms with Gasteiger partial charge in [0.15, 0.2) is 0 Å². The molecule has 0 aliphatic carbocycles. The summed E-state index contributed by atoms with van der Waals surface area (Å²) >= 11 is 0. The Bertz CT molecular complexity index is 177. The maximum absolute atomic E-state index is 5.69. The van der Waals surface area contributed by atoms with Crippen LogP contribution in [0.2, 0.25) is 0 Å². The minimum atomic E-state index is 0.195. The highest BCUT2D eigenvalue weighted by molar-refractivity contribution is 4.79. The van der Waals surface area contributed by atoms with Crippen LogP contribution in [0.3, 0.4) is 0 Å². The Hall–Kier alpha value is -0.160. The highest BCUT2D eigenvalue weighted by Gasteiger charge is 2.23. The van der Waals surface area contributed by atoms with Gasteiger partial charge in [0.2, 0.25) is 0 Å². The van der Waals surface area contributed by atoms with Crippen LogP contribution in [0.25, 0.3) is 0 Å². The molecule has 0 aromatic carbocycles. The molecule has 4 nitrogen and oxygen atoms in total. The van der Waals surface area contributed by atoms with Crippen LogP contribution in [-0.2, 0) is 4.74 Å². The molecule has 1 rings (SSSR count). The van der Waals surface area contributed by atoms with Gasteiger partial charge in [0.25, 0.3) is 0 Å². The third-order valence-corrected chi connectivity index (χ3v) is 3.07. The van der Waals surface area contributed by atoms with E-state index < -0.39 is 0 Å². The molecule has 2 atom stereocenters. The van der Waals surface area contributed by atoms with Gasteiger partial charge in [-0.25, -0.2) is 0 Å². The summed E-state index contributed by atoms with van der Waals surface area (Å²) in [6, 6.07) is 0.609. The monoisotopic (exact) mass is 215 g/mol. The summed E-state index contributed by atoms with van der Waals surface area (Å²) in [5.41, 5.74) is 5.69. The molecule has 0 amide bonds. The van der Waals surface area contributed by atoms with Crippen molar-refractivity contribution in [2.24, 2.45) is 5.73 Å². The fourth-order valence-electron chi connectivity index (χ4n) is 2.14. The predicted molar refractivity (Wildman–Crippen MR) is 63.0 cm³/mol. The Morgan fingerprint density at radius 1 is 1.47 bits per heavy atom. The van der Waals surface area contributed by atoms with E-state index >= 15 is 0 Å². The number of nitrogens with zero attached hydrogens (tertiary/aromatic N) is 2. The second-order valence-corrected chi connectivity index (χ2v) is 4.42. The standard InChI is InChI=1S/C11H25N3O/c1-4-15-11(7-12)9-14-6-5-13(3)8-10(14)2/h10-11H,4-9,12H2,1-3H3. The lowest BCUT2D eigenvalue weighted by Crippen LogP contribution is -2.53. The van der Waals surface area contributed by atoms with Gasteiger partial charge in [0.05, 0.1) is 6.10 Å². The molecule has 4 heteroatoms. The average Bonchev–Trinajstić information content (AvgIpc) is 2.21. The second-order valence-electron chi connectivity index (χ2n) is 4.42. The smallest absolute Gasteiger partial charge is 0.0823 e. The molecule has 0 aromatic rings. The zero-order valence-electron chi connectivity index (χ0n) is 10.3. The third-order valence-electron chi connectivity index (χ3n) is 3.07. The largest absolute Gasteiger partial charge is 0.376 e. The van der Waals surface area contributed by atoms with Gasteiger partial charge in [0, 0.05) is 45.4 Å². The summed E-state index contributed by atoms with van der Waals surface area (Å²) in [5.74, 6) is 0. The lowest BCUT2D eigenvalue weighted by atomic mass is 10.2. The molecule has 1 fully saturated rings. The first kappa shape index (κ1) is 12.9. The van der Waals surface area contributed by atoms with E-state index in [0.29, 0.717) is 12.6 Å². The Balaban J connectivity index is 2.35. The van der Waals surface area contributed by atoms with Gasteiger partial charge in [-0.05, 0) is 20.9 Å². The van der Waals surface area contributed by atoms with Crippen molar-refractivity contribution in [2.75, 3.05) is 46.4 Å². The first-order valence-corrected chi connectivity index (χ1v) is 5.91. The number of nitrogens with two attached hydrogens (primary N) is 1. The van der Waals surface area contributed by atoms with Crippen molar-refractivity contribution in [3.8, 4) is 0 Å². The molecule has 0 bridgehead atoms. The first-order chi connectivity index (χ1) is 7.17. The zero-order valence-corrected chi connectivity index (χ0v) is 10.3. The molecule has 1 aliphatic heterocycles. The van der Waals surface area contributed by atoms with Gasteiger partial charge in [0.1, 0.15) is 0 Å². The van der Waals surface area contributed by atoms with E-state index in [1.807, 2.05) is 6.92 Å². The summed E-state index contributed by atoms with van der Waals surface area (Å²) in [7, 11) is 2.18. The van der Waals surface area contributed by atoms with Crippen molar-refractivity contribution in [3.63, 3.8) is 0 Å². The van der Waals surface area contributed by atoms with Crippen LogP contribution in [0.15, 0.2) is 0 Å². The van der Waals surface area contributed by atoms with Crippen LogP contribution in [0.1, 0.15) is 13.8 Å². The quantitative estimate of drug-likeness (QED) is 0.700. The summed E-state index contributed by atoms with van der Waals surface area (Å²) in [5, 5.41) is 0. The van der Waals surface area contributed by atoms with Crippen LogP contribution in [0.4, 0.5) is 0 Å². The lowest BCUT2D eigenvalue weighted by Gasteiger charge is -2.39. The molecular weight excluding hydrogens is 190 g/mol. The van der Waals surface area contributed by atoms with E-state index in [1.54, 1.807) is 0 Å². The molecule has 15 heavy (non-hydrogen) atoms. The highest BCUT2D eigenvalue weighted by atomic mass is 16.5. The molecule has 0 spiro atoms. The van der Waals surface area contributed by atoms with Crippen LogP contribution in [-0.4, -0.2) is 68.3 Å². The second kappa shape index (κ2) is 6.43. The Morgan fingerprint density at radius 2 is 2.20 bits per heavy atom. The zero-order chi connectivity index (χ0) is 11.3. The van der Waals surface area contributed by atoms with E-state index in [-0.39, 0.29) is 6.10 Å².